The summed E-state index contributed by atoms with van der Waals surface area (Å²) in [6, 6.07) is 3.81. The minimum Gasteiger partial charge on any atom is -0.334 e. The maximum Gasteiger partial charge on any atom is 0.320 e. The van der Waals surface area contributed by atoms with E-state index in [1.165, 1.54) is 25.9 Å². The number of carbonyl (C=O) groups is 2. The van der Waals surface area contributed by atoms with Crippen molar-refractivity contribution in [2.24, 2.45) is 0 Å². The minimum absolute atomic E-state index is 0.0342. The molecule has 174 valence electrons. The van der Waals surface area contributed by atoms with Crippen LogP contribution >= 0.6 is 22.7 Å². The summed E-state index contributed by atoms with van der Waals surface area (Å²) in [4.78, 5) is 30.4. The van der Waals surface area contributed by atoms with Gasteiger partial charge in [-0.15, -0.1) is 22.7 Å². The average Bonchev–Trinajstić information content (AvgIpc) is 3.53. The van der Waals surface area contributed by atoms with Gasteiger partial charge in [-0.1, -0.05) is 6.92 Å². The van der Waals surface area contributed by atoms with Gasteiger partial charge in [-0.3, -0.25) is 15.0 Å². The number of aryl methyl sites for hydroxylation is 1. The molecule has 3 aromatic rings. The van der Waals surface area contributed by atoms with E-state index < -0.39 is 0 Å². The van der Waals surface area contributed by atoms with Crippen LogP contribution in [0.1, 0.15) is 63.5 Å². The number of thiophene rings is 2. The lowest BCUT2D eigenvalue weighted by Crippen LogP contribution is -2.31. The SMILES string of the molecule is CCN1CCc2c(sc(-n3cccc3)c2CNC(=O)Nc2sc3c(c2C(C)=O)CCCC3)C1. The highest BCUT2D eigenvalue weighted by Crippen LogP contribution is 2.39. The third-order valence-electron chi connectivity index (χ3n) is 6.69. The molecular weight excluding hydrogens is 452 g/mol. The number of rotatable bonds is 6. The van der Waals surface area contributed by atoms with E-state index in [1.54, 1.807) is 18.3 Å². The second kappa shape index (κ2) is 9.44. The highest BCUT2D eigenvalue weighted by atomic mass is 32.1. The van der Waals surface area contributed by atoms with Crippen molar-refractivity contribution in [1.82, 2.24) is 14.8 Å². The fraction of sp³-hybridized carbons (Fsp3) is 0.440. The summed E-state index contributed by atoms with van der Waals surface area (Å²) < 4.78 is 2.15. The van der Waals surface area contributed by atoms with Crippen LogP contribution in [0, 0.1) is 0 Å². The van der Waals surface area contributed by atoms with Crippen molar-refractivity contribution in [2.45, 2.75) is 59.0 Å². The number of aromatic nitrogens is 1. The first-order valence-electron chi connectivity index (χ1n) is 11.7. The Labute approximate surface area is 202 Å². The largest absolute Gasteiger partial charge is 0.334 e. The number of anilines is 1. The molecule has 0 saturated heterocycles. The molecule has 3 aromatic heterocycles. The molecule has 1 aliphatic carbocycles. The molecule has 0 unspecified atom stereocenters. The van der Waals surface area contributed by atoms with E-state index in [0.29, 0.717) is 17.1 Å². The Bertz CT molecular complexity index is 1180. The van der Waals surface area contributed by atoms with E-state index >= 15 is 0 Å². The standard InChI is InChI=1S/C25H30N4O2S2/c1-3-28-13-10-17-19(24(33-21(17)15-28)29-11-6-7-12-29)14-26-25(31)27-23-22(16(2)30)18-8-4-5-9-20(18)32-23/h6-7,11-12H,3-5,8-10,13-15H2,1-2H3,(H2,26,27,31). The Morgan fingerprint density at radius 3 is 2.58 bits per heavy atom. The number of nitrogens with zero attached hydrogens (tertiary/aromatic N) is 2. The molecule has 8 heteroatoms. The lowest BCUT2D eigenvalue weighted by Gasteiger charge is -2.25. The smallest absolute Gasteiger partial charge is 0.320 e. The number of fused-ring (bicyclic) bond motifs is 2. The quantitative estimate of drug-likeness (QED) is 0.464. The minimum atomic E-state index is -0.250. The molecule has 2 aliphatic rings. The van der Waals surface area contributed by atoms with Crippen LogP contribution in [-0.4, -0.2) is 34.4 Å². The highest BCUT2D eigenvalue weighted by Gasteiger charge is 2.26. The zero-order valence-electron chi connectivity index (χ0n) is 19.2. The lowest BCUT2D eigenvalue weighted by atomic mass is 9.94. The Balaban J connectivity index is 1.36. The molecule has 0 fully saturated rings. The van der Waals surface area contributed by atoms with E-state index in [4.69, 9.17) is 0 Å². The van der Waals surface area contributed by atoms with E-state index in [-0.39, 0.29) is 11.8 Å². The maximum atomic E-state index is 12.9. The topological polar surface area (TPSA) is 66.4 Å². The summed E-state index contributed by atoms with van der Waals surface area (Å²) in [6.45, 7) is 7.34. The molecular formula is C25H30N4O2S2. The van der Waals surface area contributed by atoms with Crippen LogP contribution in [0.5, 0.6) is 0 Å². The molecule has 6 nitrogen and oxygen atoms in total. The van der Waals surface area contributed by atoms with Gasteiger partial charge in [-0.25, -0.2) is 4.79 Å². The van der Waals surface area contributed by atoms with Crippen molar-refractivity contribution in [3.8, 4) is 5.00 Å². The summed E-state index contributed by atoms with van der Waals surface area (Å²) in [5, 5.41) is 7.96. The Hall–Kier alpha value is -2.42. The van der Waals surface area contributed by atoms with Gasteiger partial charge in [0.2, 0.25) is 0 Å². The molecule has 0 aromatic carbocycles. The van der Waals surface area contributed by atoms with E-state index in [2.05, 4.69) is 39.4 Å². The number of carbonyl (C=O) groups excluding carboxylic acids is 2. The molecule has 2 N–H and O–H groups in total. The number of urea groups is 1. The van der Waals surface area contributed by atoms with Crippen LogP contribution in [0.2, 0.25) is 0 Å². The Kier molecular flexibility index (Phi) is 6.40. The third-order valence-corrected chi connectivity index (χ3v) is 9.17. The zero-order chi connectivity index (χ0) is 22.9. The summed E-state index contributed by atoms with van der Waals surface area (Å²) in [7, 11) is 0. The fourth-order valence-corrected chi connectivity index (χ4v) is 7.69. The van der Waals surface area contributed by atoms with E-state index in [9.17, 15) is 9.59 Å². The molecule has 0 radical (unpaired) electrons. The van der Waals surface area contributed by atoms with Crippen LogP contribution < -0.4 is 10.6 Å². The van der Waals surface area contributed by atoms with Gasteiger partial charge in [0.05, 0.1) is 5.56 Å². The van der Waals surface area contributed by atoms with E-state index in [0.717, 1.165) is 57.3 Å². The number of hydrogen-bond donors (Lipinski definition) is 2. The second-order valence-electron chi connectivity index (χ2n) is 8.78. The van der Waals surface area contributed by atoms with Gasteiger partial charge in [0.25, 0.3) is 0 Å². The molecule has 2 amide bonds. The van der Waals surface area contributed by atoms with Crippen LogP contribution in [0.25, 0.3) is 5.00 Å². The van der Waals surface area contributed by atoms with Gasteiger partial charge in [-0.2, -0.15) is 0 Å². The summed E-state index contributed by atoms with van der Waals surface area (Å²) in [6.07, 6.45) is 9.32. The predicted molar refractivity (Wildman–Crippen MR) is 135 cm³/mol. The van der Waals surface area contributed by atoms with E-state index in [1.807, 2.05) is 23.5 Å². The van der Waals surface area contributed by atoms with Gasteiger partial charge < -0.3 is 9.88 Å². The first-order chi connectivity index (χ1) is 16.0. The molecule has 0 saturated carbocycles. The number of hydrogen-bond acceptors (Lipinski definition) is 5. The molecule has 5 rings (SSSR count). The zero-order valence-corrected chi connectivity index (χ0v) is 20.8. The average molecular weight is 483 g/mol. The number of nitrogens with one attached hydrogen (secondary N) is 2. The maximum absolute atomic E-state index is 12.9. The molecule has 1 aliphatic heterocycles. The summed E-state index contributed by atoms with van der Waals surface area (Å²) in [5.74, 6) is 0.0342. The first-order valence-corrected chi connectivity index (χ1v) is 13.4. The molecule has 0 spiro atoms. The first kappa shape index (κ1) is 22.4. The number of Topliss-reactive ketones (excluding diaryl/α,β-unsaturated/α-hetero) is 1. The lowest BCUT2D eigenvalue weighted by molar-refractivity contribution is 0.101. The van der Waals surface area contributed by atoms with Gasteiger partial charge in [-0.05, 0) is 68.8 Å². The van der Waals surface area contributed by atoms with Crippen molar-refractivity contribution >= 4 is 39.5 Å². The molecule has 0 atom stereocenters. The van der Waals surface area contributed by atoms with Gasteiger partial charge in [0.1, 0.15) is 10.0 Å². The van der Waals surface area contributed by atoms with Crippen molar-refractivity contribution in [3.63, 3.8) is 0 Å². The van der Waals surface area contributed by atoms with Crippen LogP contribution in [-0.2, 0) is 32.4 Å². The van der Waals surface area contributed by atoms with Gasteiger partial charge in [0.15, 0.2) is 5.78 Å². The van der Waals surface area contributed by atoms with Crippen LogP contribution in [0.3, 0.4) is 0 Å². The molecule has 33 heavy (non-hydrogen) atoms. The van der Waals surface area contributed by atoms with Gasteiger partial charge in [0, 0.05) is 47.3 Å². The van der Waals surface area contributed by atoms with Crippen LogP contribution in [0.15, 0.2) is 24.5 Å². The fourth-order valence-electron chi connectivity index (χ4n) is 4.98. The number of ketones is 1. The van der Waals surface area contributed by atoms with Crippen molar-refractivity contribution in [3.05, 3.63) is 56.5 Å². The Morgan fingerprint density at radius 2 is 1.82 bits per heavy atom. The normalized spacial score (nSPS) is 15.7. The predicted octanol–water partition coefficient (Wildman–Crippen LogP) is 5.38. The molecule has 4 heterocycles. The monoisotopic (exact) mass is 482 g/mol. The van der Waals surface area contributed by atoms with Crippen LogP contribution in [0.4, 0.5) is 9.80 Å². The molecule has 0 bridgehead atoms. The number of likely N-dealkylation sites (N-methyl/N-ethyl adjacent to an activating group) is 1. The van der Waals surface area contributed by atoms with Crippen molar-refractivity contribution in [2.75, 3.05) is 18.4 Å². The van der Waals surface area contributed by atoms with Crippen molar-refractivity contribution < 1.29 is 9.59 Å². The van der Waals surface area contributed by atoms with Crippen molar-refractivity contribution in [1.29, 1.82) is 0 Å². The Morgan fingerprint density at radius 1 is 1.03 bits per heavy atom. The second-order valence-corrected chi connectivity index (χ2v) is 11.0. The third kappa shape index (κ3) is 4.39. The number of amides is 2. The highest BCUT2D eigenvalue weighted by molar-refractivity contribution is 7.17. The summed E-state index contributed by atoms with van der Waals surface area (Å²) in [5.41, 5.74) is 4.45. The summed E-state index contributed by atoms with van der Waals surface area (Å²) >= 11 is 3.39. The van der Waals surface area contributed by atoms with Gasteiger partial charge >= 0.3 is 6.03 Å².